The molecule has 0 aliphatic rings. The zero-order chi connectivity index (χ0) is 18.4. The number of nitrogens with zero attached hydrogens (tertiary/aromatic N) is 2. The average molecular weight is 387 g/mol. The molecule has 0 fully saturated rings. The summed E-state index contributed by atoms with van der Waals surface area (Å²) in [6.07, 6.45) is -2.30. The van der Waals surface area contributed by atoms with Crippen LogP contribution >= 0.6 is 11.3 Å². The Morgan fingerprint density at radius 2 is 1.96 bits per heavy atom. The molecule has 0 unspecified atom stereocenters. The molecular weight excluding hydrogens is 375 g/mol. The van der Waals surface area contributed by atoms with E-state index in [4.69, 9.17) is 5.14 Å². The van der Waals surface area contributed by atoms with Crippen molar-refractivity contribution >= 4 is 21.4 Å². The highest BCUT2D eigenvalue weighted by Gasteiger charge is 2.38. The molecule has 2 N–H and O–H groups in total. The number of thiophene rings is 1. The molecule has 132 valence electrons. The number of alkyl halides is 3. The first-order chi connectivity index (χ1) is 11.6. The van der Waals surface area contributed by atoms with Crippen molar-refractivity contribution in [3.63, 3.8) is 0 Å². The Labute approximate surface area is 145 Å². The molecular formula is C15H12F3N3O2S2. The van der Waals surface area contributed by atoms with Crippen LogP contribution in [0.5, 0.6) is 0 Å². The Bertz CT molecular complexity index is 1020. The molecule has 0 atom stereocenters. The zero-order valence-corrected chi connectivity index (χ0v) is 14.4. The predicted molar refractivity (Wildman–Crippen MR) is 88.0 cm³/mol. The summed E-state index contributed by atoms with van der Waals surface area (Å²) in [5.74, 6) is 0. The minimum Gasteiger partial charge on any atom is -0.239 e. The maximum atomic E-state index is 13.6. The van der Waals surface area contributed by atoms with Crippen molar-refractivity contribution in [2.24, 2.45) is 5.14 Å². The van der Waals surface area contributed by atoms with Crippen LogP contribution in [-0.4, -0.2) is 18.2 Å². The van der Waals surface area contributed by atoms with Crippen molar-refractivity contribution in [1.82, 2.24) is 9.78 Å². The number of aryl methyl sites for hydroxylation is 1. The third kappa shape index (κ3) is 3.46. The van der Waals surface area contributed by atoms with Crippen molar-refractivity contribution in [3.8, 4) is 16.1 Å². The smallest absolute Gasteiger partial charge is 0.239 e. The molecule has 0 aliphatic heterocycles. The summed E-state index contributed by atoms with van der Waals surface area (Å²) in [5, 5.41) is 10.7. The molecule has 1 aromatic carbocycles. The SMILES string of the molecule is Cc1csc(-c2cc(C(F)(F)F)c(-n3cccn3)c(S(N)(=O)=O)c2)c1. The second kappa shape index (κ2) is 5.97. The molecule has 0 saturated carbocycles. The van der Waals surface area contributed by atoms with Crippen LogP contribution in [0.15, 0.2) is 46.9 Å². The van der Waals surface area contributed by atoms with E-state index in [9.17, 15) is 21.6 Å². The van der Waals surface area contributed by atoms with Crippen molar-refractivity contribution in [2.75, 3.05) is 0 Å². The van der Waals surface area contributed by atoms with Gasteiger partial charge in [0.1, 0.15) is 4.90 Å². The second-order valence-corrected chi connectivity index (χ2v) is 7.79. The van der Waals surface area contributed by atoms with E-state index in [1.165, 1.54) is 29.8 Å². The van der Waals surface area contributed by atoms with Crippen molar-refractivity contribution in [1.29, 1.82) is 0 Å². The van der Waals surface area contributed by atoms with E-state index < -0.39 is 32.3 Å². The summed E-state index contributed by atoms with van der Waals surface area (Å²) >= 11 is 1.22. The van der Waals surface area contributed by atoms with Crippen LogP contribution in [0.1, 0.15) is 11.1 Å². The van der Waals surface area contributed by atoms with Gasteiger partial charge in [0.2, 0.25) is 10.0 Å². The highest BCUT2D eigenvalue weighted by atomic mass is 32.2. The largest absolute Gasteiger partial charge is 0.418 e. The van der Waals surface area contributed by atoms with Gasteiger partial charge in [-0.25, -0.2) is 18.2 Å². The van der Waals surface area contributed by atoms with Gasteiger partial charge in [-0.1, -0.05) is 0 Å². The fourth-order valence-electron chi connectivity index (χ4n) is 2.40. The summed E-state index contributed by atoms with van der Waals surface area (Å²) in [6.45, 7) is 1.80. The lowest BCUT2D eigenvalue weighted by Crippen LogP contribution is -2.20. The van der Waals surface area contributed by atoms with E-state index in [0.29, 0.717) is 4.88 Å². The maximum absolute atomic E-state index is 13.6. The van der Waals surface area contributed by atoms with Gasteiger partial charge in [-0.2, -0.15) is 18.3 Å². The van der Waals surface area contributed by atoms with Crippen LogP contribution in [0.2, 0.25) is 0 Å². The fraction of sp³-hybridized carbons (Fsp3) is 0.133. The predicted octanol–water partition coefficient (Wildman–Crippen LogP) is 3.58. The van der Waals surface area contributed by atoms with Gasteiger partial charge in [0.15, 0.2) is 0 Å². The number of sulfonamides is 1. The summed E-state index contributed by atoms with van der Waals surface area (Å²) < 4.78 is 65.7. The lowest BCUT2D eigenvalue weighted by molar-refractivity contribution is -0.137. The average Bonchev–Trinajstić information content (AvgIpc) is 3.15. The van der Waals surface area contributed by atoms with Crippen LogP contribution in [0.25, 0.3) is 16.1 Å². The number of hydrogen-bond acceptors (Lipinski definition) is 4. The molecule has 2 aromatic heterocycles. The Kier molecular flexibility index (Phi) is 4.21. The van der Waals surface area contributed by atoms with Gasteiger partial charge < -0.3 is 0 Å². The molecule has 3 aromatic rings. The minimum atomic E-state index is -4.79. The first kappa shape index (κ1) is 17.6. The normalized spacial score (nSPS) is 12.5. The van der Waals surface area contributed by atoms with E-state index in [1.807, 2.05) is 0 Å². The monoisotopic (exact) mass is 387 g/mol. The van der Waals surface area contributed by atoms with E-state index in [1.54, 1.807) is 18.4 Å². The number of rotatable bonds is 3. The highest BCUT2D eigenvalue weighted by Crippen LogP contribution is 2.40. The van der Waals surface area contributed by atoms with E-state index >= 15 is 0 Å². The van der Waals surface area contributed by atoms with E-state index in [-0.39, 0.29) is 5.56 Å². The number of nitrogens with two attached hydrogens (primary N) is 1. The maximum Gasteiger partial charge on any atom is 0.418 e. The van der Waals surface area contributed by atoms with Gasteiger partial charge in [-0.15, -0.1) is 11.3 Å². The summed E-state index contributed by atoms with van der Waals surface area (Å²) in [6, 6.07) is 5.13. The minimum absolute atomic E-state index is 0.130. The third-order valence-electron chi connectivity index (χ3n) is 3.44. The van der Waals surface area contributed by atoms with Crippen LogP contribution in [-0.2, 0) is 16.2 Å². The Hall–Kier alpha value is -2.17. The molecule has 25 heavy (non-hydrogen) atoms. The Morgan fingerprint density at radius 1 is 1.24 bits per heavy atom. The Morgan fingerprint density at radius 3 is 2.44 bits per heavy atom. The van der Waals surface area contributed by atoms with Gasteiger partial charge in [-0.05, 0) is 47.7 Å². The summed E-state index contributed by atoms with van der Waals surface area (Å²) in [4.78, 5) is -0.119. The van der Waals surface area contributed by atoms with Gasteiger partial charge >= 0.3 is 6.18 Å². The molecule has 0 aliphatic carbocycles. The van der Waals surface area contributed by atoms with Crippen LogP contribution in [0.3, 0.4) is 0 Å². The van der Waals surface area contributed by atoms with Crippen molar-refractivity contribution in [2.45, 2.75) is 18.0 Å². The van der Waals surface area contributed by atoms with Gasteiger partial charge in [0.25, 0.3) is 0 Å². The molecule has 0 bridgehead atoms. The third-order valence-corrected chi connectivity index (χ3v) is 5.46. The number of hydrogen-bond donors (Lipinski definition) is 1. The van der Waals surface area contributed by atoms with E-state index in [0.717, 1.165) is 22.4 Å². The van der Waals surface area contributed by atoms with Gasteiger partial charge in [0.05, 0.1) is 11.3 Å². The standard InChI is InChI=1S/C15H12F3N3O2S2/c1-9-5-12(24-8-9)10-6-11(15(16,17)18)14(21-4-2-3-20-21)13(7-10)25(19,22)23/h2-8H,1H3,(H2,19,22,23). The van der Waals surface area contributed by atoms with Crippen LogP contribution in [0, 0.1) is 6.92 Å². The van der Waals surface area contributed by atoms with Crippen molar-refractivity contribution in [3.05, 3.63) is 53.2 Å². The molecule has 10 heteroatoms. The van der Waals surface area contributed by atoms with Crippen molar-refractivity contribution < 1.29 is 21.6 Å². The lowest BCUT2D eigenvalue weighted by atomic mass is 10.1. The van der Waals surface area contributed by atoms with E-state index in [2.05, 4.69) is 5.10 Å². The quantitative estimate of drug-likeness (QED) is 0.746. The molecule has 2 heterocycles. The number of benzene rings is 1. The number of primary sulfonamides is 1. The van der Waals surface area contributed by atoms with Gasteiger partial charge in [-0.3, -0.25) is 0 Å². The lowest BCUT2D eigenvalue weighted by Gasteiger charge is -2.17. The van der Waals surface area contributed by atoms with Crippen LogP contribution in [0.4, 0.5) is 13.2 Å². The first-order valence-corrected chi connectivity index (χ1v) is 9.33. The molecule has 0 radical (unpaired) electrons. The van der Waals surface area contributed by atoms with Crippen LogP contribution < -0.4 is 5.14 Å². The zero-order valence-electron chi connectivity index (χ0n) is 12.8. The first-order valence-electron chi connectivity index (χ1n) is 6.91. The molecule has 0 spiro atoms. The summed E-state index contributed by atoms with van der Waals surface area (Å²) in [5.41, 5.74) is -0.743. The molecule has 3 rings (SSSR count). The second-order valence-electron chi connectivity index (χ2n) is 5.35. The number of aromatic nitrogens is 2. The molecule has 0 saturated heterocycles. The molecule has 0 amide bonds. The highest BCUT2D eigenvalue weighted by molar-refractivity contribution is 7.89. The summed E-state index contributed by atoms with van der Waals surface area (Å²) in [7, 11) is -4.42. The molecule has 5 nitrogen and oxygen atoms in total. The van der Waals surface area contributed by atoms with Gasteiger partial charge in [0, 0.05) is 17.3 Å². The number of halogens is 3. The topological polar surface area (TPSA) is 78.0 Å². The Balaban J connectivity index is 2.42. The fourth-order valence-corrected chi connectivity index (χ4v) is 4.06.